The van der Waals surface area contributed by atoms with Crippen molar-refractivity contribution in [1.82, 2.24) is 14.7 Å². The van der Waals surface area contributed by atoms with Gasteiger partial charge in [-0.05, 0) is 38.6 Å². The first kappa shape index (κ1) is 18.4. The van der Waals surface area contributed by atoms with Crippen LogP contribution < -0.4 is 0 Å². The zero-order valence-corrected chi connectivity index (χ0v) is 15.8. The summed E-state index contributed by atoms with van der Waals surface area (Å²) in [5.74, 6) is 0. The minimum Gasteiger partial charge on any atom is -0.395 e. The molecule has 0 aliphatic rings. The summed E-state index contributed by atoms with van der Waals surface area (Å²) in [5.41, 5.74) is 6.82. The van der Waals surface area contributed by atoms with E-state index in [0.717, 1.165) is 30.0 Å². The van der Waals surface area contributed by atoms with Crippen molar-refractivity contribution in [2.45, 2.75) is 27.3 Å². The Morgan fingerprint density at radius 2 is 1.81 bits per heavy atom. The van der Waals surface area contributed by atoms with Gasteiger partial charge in [0.2, 0.25) is 0 Å². The SMILES string of the molecule is CCN(CCO)Cc1cn(-c2ccc(C)cc2)nc1-c1cccc(C)c1. The molecule has 0 saturated heterocycles. The van der Waals surface area contributed by atoms with Crippen LogP contribution in [-0.2, 0) is 6.54 Å². The Labute approximate surface area is 155 Å². The van der Waals surface area contributed by atoms with Gasteiger partial charge in [0, 0.05) is 30.4 Å². The zero-order chi connectivity index (χ0) is 18.5. The molecular formula is C22H27N3O. The van der Waals surface area contributed by atoms with E-state index in [-0.39, 0.29) is 6.61 Å². The molecule has 3 rings (SSSR count). The average Bonchev–Trinajstić information content (AvgIpc) is 3.06. The fourth-order valence-corrected chi connectivity index (χ4v) is 3.12. The highest BCUT2D eigenvalue weighted by Crippen LogP contribution is 2.26. The Kier molecular flexibility index (Phi) is 5.86. The Hall–Kier alpha value is -2.43. The summed E-state index contributed by atoms with van der Waals surface area (Å²) in [6, 6.07) is 16.9. The van der Waals surface area contributed by atoms with E-state index < -0.39 is 0 Å². The first-order valence-corrected chi connectivity index (χ1v) is 9.16. The maximum Gasteiger partial charge on any atom is 0.0972 e. The third-order valence-corrected chi connectivity index (χ3v) is 4.64. The molecule has 4 heteroatoms. The molecule has 0 unspecified atom stereocenters. The molecule has 3 aromatic rings. The molecule has 0 aliphatic heterocycles. The van der Waals surface area contributed by atoms with E-state index in [1.54, 1.807) is 0 Å². The van der Waals surface area contributed by atoms with Crippen LogP contribution in [-0.4, -0.2) is 39.5 Å². The summed E-state index contributed by atoms with van der Waals surface area (Å²) in [7, 11) is 0. The molecule has 1 aromatic heterocycles. The van der Waals surface area contributed by atoms with Crippen molar-refractivity contribution < 1.29 is 5.11 Å². The van der Waals surface area contributed by atoms with Gasteiger partial charge in [-0.25, -0.2) is 4.68 Å². The number of aryl methyl sites for hydroxylation is 2. The Morgan fingerprint density at radius 1 is 1.04 bits per heavy atom. The minimum atomic E-state index is 0.166. The quantitative estimate of drug-likeness (QED) is 0.702. The largest absolute Gasteiger partial charge is 0.395 e. The molecule has 0 amide bonds. The van der Waals surface area contributed by atoms with Gasteiger partial charge in [0.25, 0.3) is 0 Å². The van der Waals surface area contributed by atoms with Crippen LogP contribution in [0.3, 0.4) is 0 Å². The van der Waals surface area contributed by atoms with E-state index in [2.05, 4.69) is 80.4 Å². The second kappa shape index (κ2) is 8.30. The van der Waals surface area contributed by atoms with E-state index in [9.17, 15) is 5.11 Å². The average molecular weight is 349 g/mol. The molecule has 0 fully saturated rings. The molecule has 2 aromatic carbocycles. The lowest BCUT2D eigenvalue weighted by Crippen LogP contribution is -2.26. The summed E-state index contributed by atoms with van der Waals surface area (Å²) in [6.45, 7) is 8.80. The molecule has 0 spiro atoms. The molecule has 1 N–H and O–H groups in total. The summed E-state index contributed by atoms with van der Waals surface area (Å²) in [5, 5.41) is 14.2. The maximum atomic E-state index is 9.32. The van der Waals surface area contributed by atoms with E-state index in [1.165, 1.54) is 16.7 Å². The number of hydrogen-bond acceptors (Lipinski definition) is 3. The predicted octanol–water partition coefficient (Wildman–Crippen LogP) is 3.97. The Balaban J connectivity index is 2.03. The molecular weight excluding hydrogens is 322 g/mol. The minimum absolute atomic E-state index is 0.166. The molecule has 0 radical (unpaired) electrons. The number of aliphatic hydroxyl groups is 1. The van der Waals surface area contributed by atoms with Crippen LogP contribution in [0, 0.1) is 13.8 Å². The number of aromatic nitrogens is 2. The number of hydrogen-bond donors (Lipinski definition) is 1. The Bertz CT molecular complexity index is 852. The summed E-state index contributed by atoms with van der Waals surface area (Å²) in [4.78, 5) is 2.23. The van der Waals surface area contributed by atoms with Gasteiger partial charge in [0.15, 0.2) is 0 Å². The normalized spacial score (nSPS) is 11.3. The Morgan fingerprint density at radius 3 is 2.46 bits per heavy atom. The van der Waals surface area contributed by atoms with Gasteiger partial charge in [0.1, 0.15) is 0 Å². The van der Waals surface area contributed by atoms with Crippen molar-refractivity contribution in [1.29, 1.82) is 0 Å². The number of aliphatic hydroxyl groups excluding tert-OH is 1. The highest BCUT2D eigenvalue weighted by molar-refractivity contribution is 5.64. The monoisotopic (exact) mass is 349 g/mol. The van der Waals surface area contributed by atoms with Crippen molar-refractivity contribution in [3.05, 3.63) is 71.4 Å². The summed E-state index contributed by atoms with van der Waals surface area (Å²) >= 11 is 0. The topological polar surface area (TPSA) is 41.3 Å². The van der Waals surface area contributed by atoms with Crippen LogP contribution in [0.5, 0.6) is 0 Å². The molecule has 26 heavy (non-hydrogen) atoms. The summed E-state index contributed by atoms with van der Waals surface area (Å²) < 4.78 is 1.96. The van der Waals surface area contributed by atoms with Crippen molar-refractivity contribution in [2.75, 3.05) is 19.7 Å². The zero-order valence-electron chi connectivity index (χ0n) is 15.8. The van der Waals surface area contributed by atoms with E-state index >= 15 is 0 Å². The molecule has 0 aliphatic carbocycles. The van der Waals surface area contributed by atoms with Gasteiger partial charge in [-0.2, -0.15) is 5.10 Å². The second-order valence-electron chi connectivity index (χ2n) is 6.74. The highest BCUT2D eigenvalue weighted by atomic mass is 16.3. The highest BCUT2D eigenvalue weighted by Gasteiger charge is 2.15. The van der Waals surface area contributed by atoms with E-state index in [1.807, 2.05) is 4.68 Å². The van der Waals surface area contributed by atoms with Crippen LogP contribution >= 0.6 is 0 Å². The lowest BCUT2D eigenvalue weighted by atomic mass is 10.1. The third kappa shape index (κ3) is 4.21. The van der Waals surface area contributed by atoms with E-state index in [4.69, 9.17) is 5.10 Å². The molecule has 0 atom stereocenters. The molecule has 136 valence electrons. The number of benzene rings is 2. The summed E-state index contributed by atoms with van der Waals surface area (Å²) in [6.07, 6.45) is 2.11. The van der Waals surface area contributed by atoms with Gasteiger partial charge < -0.3 is 5.11 Å². The van der Waals surface area contributed by atoms with Crippen LogP contribution in [0.25, 0.3) is 16.9 Å². The standard InChI is InChI=1S/C22H27N3O/c1-4-24(12-13-26)15-20-16-25(21-10-8-17(2)9-11-21)23-22(20)19-7-5-6-18(3)14-19/h5-11,14,16,26H,4,12-13,15H2,1-3H3. The first-order valence-electron chi connectivity index (χ1n) is 9.16. The molecule has 0 saturated carbocycles. The maximum absolute atomic E-state index is 9.32. The van der Waals surface area contributed by atoms with Crippen LogP contribution in [0.1, 0.15) is 23.6 Å². The van der Waals surface area contributed by atoms with Gasteiger partial charge in [-0.15, -0.1) is 0 Å². The fourth-order valence-electron chi connectivity index (χ4n) is 3.12. The smallest absolute Gasteiger partial charge is 0.0972 e. The van der Waals surface area contributed by atoms with E-state index in [0.29, 0.717) is 6.54 Å². The van der Waals surface area contributed by atoms with Gasteiger partial charge in [0.05, 0.1) is 18.0 Å². The molecule has 0 bridgehead atoms. The number of rotatable bonds is 7. The second-order valence-corrected chi connectivity index (χ2v) is 6.74. The number of likely N-dealkylation sites (N-methyl/N-ethyl adjacent to an activating group) is 1. The molecule has 4 nitrogen and oxygen atoms in total. The van der Waals surface area contributed by atoms with Gasteiger partial charge in [-0.3, -0.25) is 4.90 Å². The van der Waals surface area contributed by atoms with Crippen LogP contribution in [0.4, 0.5) is 0 Å². The first-order chi connectivity index (χ1) is 12.6. The predicted molar refractivity (Wildman–Crippen MR) is 107 cm³/mol. The third-order valence-electron chi connectivity index (χ3n) is 4.64. The lowest BCUT2D eigenvalue weighted by Gasteiger charge is -2.18. The van der Waals surface area contributed by atoms with Gasteiger partial charge >= 0.3 is 0 Å². The molecule has 1 heterocycles. The van der Waals surface area contributed by atoms with Crippen molar-refractivity contribution >= 4 is 0 Å². The number of nitrogens with zero attached hydrogens (tertiary/aromatic N) is 3. The fraction of sp³-hybridized carbons (Fsp3) is 0.318. The van der Waals surface area contributed by atoms with Crippen LogP contribution in [0.15, 0.2) is 54.7 Å². The lowest BCUT2D eigenvalue weighted by molar-refractivity contribution is 0.197. The van der Waals surface area contributed by atoms with Gasteiger partial charge in [-0.1, -0.05) is 48.4 Å². The van der Waals surface area contributed by atoms with Crippen LogP contribution in [0.2, 0.25) is 0 Å². The van der Waals surface area contributed by atoms with Crippen molar-refractivity contribution in [2.24, 2.45) is 0 Å². The van der Waals surface area contributed by atoms with Crippen molar-refractivity contribution in [3.63, 3.8) is 0 Å². The van der Waals surface area contributed by atoms with Crippen molar-refractivity contribution in [3.8, 4) is 16.9 Å².